The van der Waals surface area contributed by atoms with E-state index in [0.29, 0.717) is 67.3 Å². The number of hydrogen-bond donors (Lipinski definition) is 11. The van der Waals surface area contributed by atoms with Gasteiger partial charge in [0, 0.05) is 20.0 Å². The van der Waals surface area contributed by atoms with Crippen molar-refractivity contribution in [3.63, 3.8) is 0 Å². The molecule has 2 heterocycles. The largest absolute Gasteiger partial charge is 0.490 e. The van der Waals surface area contributed by atoms with Gasteiger partial charge in [-0.3, -0.25) is 43.6 Å². The number of carbonyl (C=O) groups excluding carboxylic acids is 6. The highest BCUT2D eigenvalue weighted by Crippen LogP contribution is 2.38. The molecule has 0 bridgehead atoms. The maximum atomic E-state index is 13.8. The van der Waals surface area contributed by atoms with Crippen molar-refractivity contribution in [2.75, 3.05) is 56.0 Å². The number of nitrogens with one attached hydrogen (secondary N) is 5. The second kappa shape index (κ2) is 33.4. The van der Waals surface area contributed by atoms with Crippen molar-refractivity contribution in [3.8, 4) is 0 Å². The number of amides is 6. The van der Waals surface area contributed by atoms with Crippen LogP contribution in [0, 0.1) is 5.92 Å². The third-order valence-electron chi connectivity index (χ3n) is 10.8. The number of benzene rings is 2. The average molecular weight is 1130 g/mol. The summed E-state index contributed by atoms with van der Waals surface area (Å²) < 4.78 is 95.2. The molecule has 78 heavy (non-hydrogen) atoms. The molecule has 0 aromatic heterocycles. The summed E-state index contributed by atoms with van der Waals surface area (Å²) in [5, 5.41) is 35.1. The number of hydrogen-bond acceptors (Lipinski definition) is 12. The number of aliphatic carboxylic acids is 3. The zero-order valence-corrected chi connectivity index (χ0v) is 41.9. The van der Waals surface area contributed by atoms with E-state index in [0.717, 1.165) is 45.2 Å². The van der Waals surface area contributed by atoms with Gasteiger partial charge in [-0.1, -0.05) is 37.1 Å². The standard InChI is InChI=1S/C40H59N11O6.3C2HF3O2/c1-27(52)47-32(15-10-22-45-40(42)43)39(57)49-31(14-6-8-20-41)38(56)46-25-35(53)44-21-9-7-11-28-18-23-50(24-19-28)26-36(54)51-33-16-4-2-12-29(33)37(55)48-30-13-3-5-17-34(30)51;3*3-2(4,5)1(6)7/h2-5,12-13,16-17,28,31-32H,6-11,14-15,18-26,41H2,1H3,(H,44,53)(H,46,56)(H,47,52)(H,48,55)(H,49,57)(H4,42,43,45);3*(H,6,7)/t31-,32-;;;/m0.../s1. The molecule has 1 fully saturated rings. The Kier molecular flexibility index (Phi) is 29.2. The minimum Gasteiger partial charge on any atom is -0.475 e. The van der Waals surface area contributed by atoms with E-state index in [-0.39, 0.29) is 49.7 Å². The van der Waals surface area contributed by atoms with Crippen LogP contribution in [0.4, 0.5) is 56.6 Å². The summed E-state index contributed by atoms with van der Waals surface area (Å²) in [6.07, 6.45) is -8.38. The van der Waals surface area contributed by atoms with Crippen molar-refractivity contribution in [1.29, 1.82) is 0 Å². The van der Waals surface area contributed by atoms with Gasteiger partial charge in [0.1, 0.15) is 12.1 Å². The number of nitrogens with zero attached hydrogens (tertiary/aromatic N) is 3. The first-order valence-electron chi connectivity index (χ1n) is 23.6. The summed E-state index contributed by atoms with van der Waals surface area (Å²) >= 11 is 0. The fourth-order valence-electron chi connectivity index (χ4n) is 7.11. The molecule has 0 spiro atoms. The van der Waals surface area contributed by atoms with Gasteiger partial charge >= 0.3 is 36.4 Å². The Labute approximate surface area is 439 Å². The molecule has 2 aliphatic rings. The maximum absolute atomic E-state index is 13.8. The molecule has 0 unspecified atom stereocenters. The lowest BCUT2D eigenvalue weighted by atomic mass is 9.91. The summed E-state index contributed by atoms with van der Waals surface area (Å²) in [6.45, 7) is 4.06. The second-order valence-electron chi connectivity index (χ2n) is 17.0. The van der Waals surface area contributed by atoms with Gasteiger partial charge in [-0.2, -0.15) is 39.5 Å². The fraction of sp³-hybridized carbons (Fsp3) is 0.522. The Balaban J connectivity index is 0.00000121. The lowest BCUT2D eigenvalue weighted by Crippen LogP contribution is -2.54. The zero-order valence-electron chi connectivity index (χ0n) is 41.9. The predicted octanol–water partition coefficient (Wildman–Crippen LogP) is 3.10. The number of carboxylic acids is 3. The Morgan fingerprint density at radius 2 is 1.22 bits per heavy atom. The van der Waals surface area contributed by atoms with Gasteiger partial charge in [0.05, 0.1) is 35.7 Å². The van der Waals surface area contributed by atoms with E-state index in [2.05, 4.69) is 36.5 Å². The number of rotatable bonds is 21. The van der Waals surface area contributed by atoms with E-state index in [1.807, 2.05) is 24.3 Å². The molecule has 4 rings (SSSR count). The number of piperidine rings is 1. The van der Waals surface area contributed by atoms with E-state index >= 15 is 0 Å². The van der Waals surface area contributed by atoms with E-state index < -0.39 is 66.2 Å². The number of halogens is 9. The summed E-state index contributed by atoms with van der Waals surface area (Å²) in [5.74, 6) is -9.91. The quantitative estimate of drug-likeness (QED) is 0.0370. The highest BCUT2D eigenvalue weighted by molar-refractivity contribution is 6.18. The number of alkyl halides is 9. The Bertz CT molecular complexity index is 2310. The number of para-hydroxylation sites is 3. The molecule has 1 saturated heterocycles. The van der Waals surface area contributed by atoms with Gasteiger partial charge in [0.2, 0.25) is 29.5 Å². The molecule has 23 nitrogen and oxygen atoms in total. The molecule has 2 aromatic rings. The molecular formula is C46H62F9N11O12. The number of fused-ring (bicyclic) bond motifs is 2. The van der Waals surface area contributed by atoms with Crippen LogP contribution in [-0.4, -0.2) is 156 Å². The fourth-order valence-corrected chi connectivity index (χ4v) is 7.11. The lowest BCUT2D eigenvalue weighted by Gasteiger charge is -2.33. The minimum absolute atomic E-state index is 0.0709. The van der Waals surface area contributed by atoms with Crippen LogP contribution in [-0.2, 0) is 38.4 Å². The highest BCUT2D eigenvalue weighted by Gasteiger charge is 2.40. The van der Waals surface area contributed by atoms with Gasteiger partial charge in [-0.15, -0.1) is 0 Å². The lowest BCUT2D eigenvalue weighted by molar-refractivity contribution is -0.193. The Morgan fingerprint density at radius 1 is 0.705 bits per heavy atom. The molecule has 2 aromatic carbocycles. The van der Waals surface area contributed by atoms with Crippen LogP contribution in [0.25, 0.3) is 0 Å². The molecule has 2 aliphatic heterocycles. The second-order valence-corrected chi connectivity index (χ2v) is 17.0. The minimum atomic E-state index is -5.08. The molecule has 32 heteroatoms. The first kappa shape index (κ1) is 68.2. The molecule has 2 atom stereocenters. The SMILES string of the molecule is CC(=O)N[C@@H](CCCN=C(N)N)C(=O)N[C@@H](CCCCN)C(=O)NCC(=O)NCCCCC1CCN(CC(=O)N2c3ccccc3NC(=O)c3ccccc32)CC1.O=C(O)C(F)(F)F.O=C(O)C(F)(F)F.O=C(O)C(F)(F)F. The predicted molar refractivity (Wildman–Crippen MR) is 260 cm³/mol. The summed E-state index contributed by atoms with van der Waals surface area (Å²) in [4.78, 5) is 112. The highest BCUT2D eigenvalue weighted by atomic mass is 19.4. The van der Waals surface area contributed by atoms with Crippen molar-refractivity contribution in [1.82, 2.24) is 26.2 Å². The van der Waals surface area contributed by atoms with E-state index in [1.165, 1.54) is 6.92 Å². The van der Waals surface area contributed by atoms with E-state index in [1.54, 1.807) is 29.2 Å². The normalized spacial score (nSPS) is 14.1. The monoisotopic (exact) mass is 1130 g/mol. The Morgan fingerprint density at radius 3 is 1.74 bits per heavy atom. The van der Waals surface area contributed by atoms with E-state index in [9.17, 15) is 68.3 Å². The van der Waals surface area contributed by atoms with Gasteiger partial charge in [0.15, 0.2) is 5.96 Å². The van der Waals surface area contributed by atoms with Gasteiger partial charge in [-0.05, 0) is 101 Å². The van der Waals surface area contributed by atoms with Gasteiger partial charge < -0.3 is 59.1 Å². The van der Waals surface area contributed by atoms with Crippen LogP contribution < -0.4 is 48.7 Å². The molecule has 0 radical (unpaired) electrons. The zero-order chi connectivity index (χ0) is 59.4. The molecule has 436 valence electrons. The van der Waals surface area contributed by atoms with Gasteiger partial charge in [0.25, 0.3) is 5.91 Å². The topological polar surface area (TPSA) is 371 Å². The summed E-state index contributed by atoms with van der Waals surface area (Å²) in [6, 6.07) is 12.7. The molecular weight excluding hydrogens is 1070 g/mol. The number of unbranched alkanes of at least 4 members (excludes halogenated alkanes) is 2. The van der Waals surface area contributed by atoms with Crippen LogP contribution >= 0.6 is 0 Å². The number of aliphatic imine (C=N–C) groups is 1. The summed E-state index contributed by atoms with van der Waals surface area (Å²) in [7, 11) is 0. The molecule has 0 saturated carbocycles. The van der Waals surface area contributed by atoms with E-state index in [4.69, 9.17) is 46.9 Å². The smallest absolute Gasteiger partial charge is 0.475 e. The molecule has 6 amide bonds. The van der Waals surface area contributed by atoms with Crippen LogP contribution in [0.2, 0.25) is 0 Å². The van der Waals surface area contributed by atoms with Crippen molar-refractivity contribution in [2.24, 2.45) is 28.1 Å². The maximum Gasteiger partial charge on any atom is 0.490 e. The third-order valence-corrected chi connectivity index (χ3v) is 10.8. The third kappa shape index (κ3) is 26.8. The number of guanidine groups is 1. The first-order valence-corrected chi connectivity index (χ1v) is 23.6. The first-order chi connectivity index (χ1) is 36.3. The van der Waals surface area contributed by atoms with Crippen LogP contribution in [0.1, 0.15) is 81.5 Å². The molecule has 0 aliphatic carbocycles. The van der Waals surface area contributed by atoms with Crippen molar-refractivity contribution < 1.29 is 98.0 Å². The Hall–Kier alpha value is -7.77. The van der Waals surface area contributed by atoms with Crippen LogP contribution in [0.5, 0.6) is 0 Å². The summed E-state index contributed by atoms with van der Waals surface area (Å²) in [5.41, 5.74) is 18.6. The average Bonchev–Trinajstić information content (AvgIpc) is 3.47. The van der Waals surface area contributed by atoms with Crippen molar-refractivity contribution >= 4 is 76.4 Å². The number of anilines is 3. The van der Waals surface area contributed by atoms with Crippen molar-refractivity contribution in [2.45, 2.75) is 102 Å². The number of nitrogens with two attached hydrogens (primary N) is 3. The number of carboxylic acid groups (broad SMARTS) is 3. The number of carbonyl (C=O) groups is 9. The van der Waals surface area contributed by atoms with Crippen LogP contribution in [0.15, 0.2) is 53.5 Å². The molecule has 14 N–H and O–H groups in total. The number of likely N-dealkylation sites (tertiary alicyclic amines) is 1. The van der Waals surface area contributed by atoms with Crippen LogP contribution in [0.3, 0.4) is 0 Å². The van der Waals surface area contributed by atoms with Crippen molar-refractivity contribution in [3.05, 3.63) is 54.1 Å². The van der Waals surface area contributed by atoms with Gasteiger partial charge in [-0.25, -0.2) is 14.4 Å².